The fourth-order valence-corrected chi connectivity index (χ4v) is 2.29. The van der Waals surface area contributed by atoms with Crippen LogP contribution in [0.3, 0.4) is 0 Å². The van der Waals surface area contributed by atoms with E-state index in [1.54, 1.807) is 19.4 Å². The molecule has 0 aliphatic rings. The largest absolute Gasteiger partial charge is 0.490 e. The van der Waals surface area contributed by atoms with Crippen molar-refractivity contribution in [3.8, 4) is 5.69 Å². The minimum Gasteiger partial charge on any atom is -0.475 e. The van der Waals surface area contributed by atoms with E-state index >= 15 is 0 Å². The van der Waals surface area contributed by atoms with Crippen LogP contribution < -0.4 is 5.32 Å². The van der Waals surface area contributed by atoms with Crippen molar-refractivity contribution in [1.29, 1.82) is 0 Å². The molecule has 1 aromatic carbocycles. The molecular formula is C19H18F3N5O3. The topological polar surface area (TPSA) is 110 Å². The molecule has 3 aromatic rings. The summed E-state index contributed by atoms with van der Waals surface area (Å²) in [5.41, 5.74) is 4.73. The molecule has 0 aliphatic heterocycles. The quantitative estimate of drug-likeness (QED) is 0.670. The Labute approximate surface area is 169 Å². The molecule has 0 fully saturated rings. The summed E-state index contributed by atoms with van der Waals surface area (Å²) in [7, 11) is 0. The maximum absolute atomic E-state index is 12.2. The lowest BCUT2D eigenvalue weighted by Gasteiger charge is -2.09. The molecule has 0 bridgehead atoms. The van der Waals surface area contributed by atoms with Crippen molar-refractivity contribution in [3.63, 3.8) is 0 Å². The first-order valence-electron chi connectivity index (χ1n) is 8.50. The van der Waals surface area contributed by atoms with Crippen LogP contribution in [-0.2, 0) is 4.79 Å². The number of aromatic nitrogens is 4. The van der Waals surface area contributed by atoms with E-state index in [0.29, 0.717) is 17.1 Å². The Morgan fingerprint density at radius 1 is 0.967 bits per heavy atom. The number of hydrogen-bond donors (Lipinski definition) is 2. The van der Waals surface area contributed by atoms with Crippen molar-refractivity contribution in [2.45, 2.75) is 26.9 Å². The average Bonchev–Trinajstić information content (AvgIpc) is 3.01. The number of nitrogens with one attached hydrogen (secondary N) is 1. The highest BCUT2D eigenvalue weighted by Crippen LogP contribution is 2.17. The molecule has 1 amide bonds. The Hall–Kier alpha value is -3.76. The summed E-state index contributed by atoms with van der Waals surface area (Å²) < 4.78 is 33.7. The molecule has 0 spiro atoms. The van der Waals surface area contributed by atoms with E-state index in [4.69, 9.17) is 9.90 Å². The van der Waals surface area contributed by atoms with Crippen molar-refractivity contribution >= 4 is 17.6 Å². The average molecular weight is 421 g/mol. The van der Waals surface area contributed by atoms with Crippen molar-refractivity contribution in [3.05, 3.63) is 65.8 Å². The third-order valence-electron chi connectivity index (χ3n) is 3.99. The molecule has 0 saturated carbocycles. The SMILES string of the molecule is Cc1nccnc1C(=O)Nc1ccc(-n2cnc(C)c2C)cc1.O=C(O)C(F)(F)F. The maximum atomic E-state index is 12.2. The molecule has 0 atom stereocenters. The van der Waals surface area contributed by atoms with E-state index in [9.17, 15) is 18.0 Å². The lowest BCUT2D eigenvalue weighted by atomic mass is 10.2. The first-order chi connectivity index (χ1) is 14.0. The van der Waals surface area contributed by atoms with Gasteiger partial charge >= 0.3 is 12.1 Å². The molecule has 11 heteroatoms. The van der Waals surface area contributed by atoms with Crippen molar-refractivity contribution in [1.82, 2.24) is 19.5 Å². The molecule has 0 saturated heterocycles. The van der Waals surface area contributed by atoms with Gasteiger partial charge in [0.25, 0.3) is 5.91 Å². The molecule has 3 rings (SSSR count). The predicted octanol–water partition coefficient (Wildman–Crippen LogP) is 3.47. The van der Waals surface area contributed by atoms with E-state index in [1.165, 1.54) is 6.20 Å². The second kappa shape index (κ2) is 9.16. The lowest BCUT2D eigenvalue weighted by molar-refractivity contribution is -0.192. The normalized spacial score (nSPS) is 10.7. The summed E-state index contributed by atoms with van der Waals surface area (Å²) >= 11 is 0. The van der Waals surface area contributed by atoms with E-state index in [-0.39, 0.29) is 5.91 Å². The molecule has 2 aromatic heterocycles. The maximum Gasteiger partial charge on any atom is 0.490 e. The second-order valence-electron chi connectivity index (χ2n) is 6.08. The van der Waals surface area contributed by atoms with Gasteiger partial charge in [-0.05, 0) is 45.0 Å². The number of halogens is 3. The van der Waals surface area contributed by atoms with Gasteiger partial charge in [0.05, 0.1) is 17.7 Å². The highest BCUT2D eigenvalue weighted by Gasteiger charge is 2.38. The molecule has 2 N–H and O–H groups in total. The third-order valence-corrected chi connectivity index (χ3v) is 3.99. The summed E-state index contributed by atoms with van der Waals surface area (Å²) in [5.74, 6) is -3.02. The summed E-state index contributed by atoms with van der Waals surface area (Å²) in [5, 5.41) is 9.96. The number of carboxylic acid groups (broad SMARTS) is 1. The van der Waals surface area contributed by atoms with Crippen LogP contribution in [0.15, 0.2) is 43.0 Å². The Kier molecular flexibility index (Phi) is 6.88. The molecule has 0 radical (unpaired) electrons. The summed E-state index contributed by atoms with van der Waals surface area (Å²) in [6.07, 6.45) is -0.216. The van der Waals surface area contributed by atoms with E-state index in [0.717, 1.165) is 17.1 Å². The van der Waals surface area contributed by atoms with Gasteiger partial charge in [0.2, 0.25) is 0 Å². The monoisotopic (exact) mass is 421 g/mol. The van der Waals surface area contributed by atoms with Gasteiger partial charge in [-0.1, -0.05) is 0 Å². The first-order valence-corrected chi connectivity index (χ1v) is 8.50. The van der Waals surface area contributed by atoms with Gasteiger partial charge in [-0.25, -0.2) is 14.8 Å². The van der Waals surface area contributed by atoms with Crippen molar-refractivity contribution in [2.24, 2.45) is 0 Å². The molecule has 30 heavy (non-hydrogen) atoms. The number of carboxylic acids is 1. The number of imidazole rings is 1. The van der Waals surface area contributed by atoms with E-state index < -0.39 is 12.1 Å². The Bertz CT molecular complexity index is 1050. The number of hydrogen-bond acceptors (Lipinski definition) is 5. The Morgan fingerprint density at radius 3 is 2.00 bits per heavy atom. The number of nitrogens with zero attached hydrogens (tertiary/aromatic N) is 4. The number of aryl methyl sites for hydroxylation is 2. The number of amides is 1. The van der Waals surface area contributed by atoms with Crippen LogP contribution in [0, 0.1) is 20.8 Å². The zero-order chi connectivity index (χ0) is 22.5. The lowest BCUT2D eigenvalue weighted by Crippen LogP contribution is -2.21. The minimum absolute atomic E-state index is 0.266. The van der Waals surface area contributed by atoms with Gasteiger partial charge in [0, 0.05) is 29.5 Å². The zero-order valence-corrected chi connectivity index (χ0v) is 16.2. The van der Waals surface area contributed by atoms with Crippen molar-refractivity contribution < 1.29 is 27.9 Å². The highest BCUT2D eigenvalue weighted by atomic mass is 19.4. The first kappa shape index (κ1) is 22.5. The van der Waals surface area contributed by atoms with Crippen LogP contribution in [0.4, 0.5) is 18.9 Å². The number of rotatable bonds is 3. The Balaban J connectivity index is 0.000000396. The van der Waals surface area contributed by atoms with Gasteiger partial charge in [-0.2, -0.15) is 13.2 Å². The summed E-state index contributed by atoms with van der Waals surface area (Å²) in [6.45, 7) is 5.76. The standard InChI is InChI=1S/C17H17N5O.C2HF3O2/c1-11-13(3)22(10-20-11)15-6-4-14(5-7-15)21-17(23)16-12(2)18-8-9-19-16;3-2(4,5)1(6)7/h4-10H,1-3H3,(H,21,23);(H,6,7). The van der Waals surface area contributed by atoms with Crippen molar-refractivity contribution in [2.75, 3.05) is 5.32 Å². The van der Waals surface area contributed by atoms with E-state index in [1.807, 2.05) is 42.7 Å². The fourth-order valence-electron chi connectivity index (χ4n) is 2.29. The number of benzene rings is 1. The number of alkyl halides is 3. The van der Waals surface area contributed by atoms with Crippen LogP contribution in [-0.4, -0.2) is 42.7 Å². The molecule has 158 valence electrons. The summed E-state index contributed by atoms with van der Waals surface area (Å²) in [6, 6.07) is 7.59. The molecule has 0 aliphatic carbocycles. The van der Waals surface area contributed by atoms with Gasteiger partial charge < -0.3 is 15.0 Å². The molecule has 2 heterocycles. The summed E-state index contributed by atoms with van der Waals surface area (Å²) in [4.78, 5) is 33.5. The van der Waals surface area contributed by atoms with Gasteiger partial charge in [0.1, 0.15) is 5.69 Å². The molecular weight excluding hydrogens is 403 g/mol. The number of carbonyl (C=O) groups excluding carboxylic acids is 1. The molecule has 8 nitrogen and oxygen atoms in total. The fraction of sp³-hybridized carbons (Fsp3) is 0.211. The smallest absolute Gasteiger partial charge is 0.475 e. The second-order valence-corrected chi connectivity index (χ2v) is 6.08. The van der Waals surface area contributed by atoms with Crippen LogP contribution in [0.1, 0.15) is 27.6 Å². The number of aliphatic carboxylic acids is 1. The highest BCUT2D eigenvalue weighted by molar-refractivity contribution is 6.03. The van der Waals surface area contributed by atoms with Crippen LogP contribution in [0.2, 0.25) is 0 Å². The molecule has 0 unspecified atom stereocenters. The van der Waals surface area contributed by atoms with Crippen LogP contribution in [0.5, 0.6) is 0 Å². The van der Waals surface area contributed by atoms with Gasteiger partial charge in [0.15, 0.2) is 0 Å². The van der Waals surface area contributed by atoms with Crippen LogP contribution in [0.25, 0.3) is 5.69 Å². The number of anilines is 1. The minimum atomic E-state index is -5.08. The van der Waals surface area contributed by atoms with E-state index in [2.05, 4.69) is 20.3 Å². The predicted molar refractivity (Wildman–Crippen MR) is 101 cm³/mol. The van der Waals surface area contributed by atoms with Gasteiger partial charge in [-0.15, -0.1) is 0 Å². The van der Waals surface area contributed by atoms with Gasteiger partial charge in [-0.3, -0.25) is 9.78 Å². The zero-order valence-electron chi connectivity index (χ0n) is 16.2. The third kappa shape index (κ3) is 5.63. The number of carbonyl (C=O) groups is 2. The van der Waals surface area contributed by atoms with Crippen LogP contribution >= 0.6 is 0 Å². The Morgan fingerprint density at radius 2 is 1.53 bits per heavy atom.